The summed E-state index contributed by atoms with van der Waals surface area (Å²) in [6, 6.07) is 0. The largest absolute Gasteiger partial charge is 0.481 e. The lowest BCUT2D eigenvalue weighted by atomic mass is 9.91. The van der Waals surface area contributed by atoms with Crippen LogP contribution in [0.15, 0.2) is 0 Å². The van der Waals surface area contributed by atoms with Gasteiger partial charge in [0.15, 0.2) is 5.13 Å². The number of hydrogen-bond acceptors (Lipinski definition) is 5. The SMILES string of the molecule is CCN(CC1CCCO1)c1nc2c(s1)CCCC2C(=O)O. The van der Waals surface area contributed by atoms with Gasteiger partial charge in [0.25, 0.3) is 0 Å². The highest BCUT2D eigenvalue weighted by Gasteiger charge is 2.31. The Morgan fingerprint density at radius 1 is 1.48 bits per heavy atom. The summed E-state index contributed by atoms with van der Waals surface area (Å²) in [4.78, 5) is 19.4. The van der Waals surface area contributed by atoms with Gasteiger partial charge in [-0.1, -0.05) is 0 Å². The van der Waals surface area contributed by atoms with Crippen LogP contribution in [0.1, 0.15) is 49.1 Å². The van der Waals surface area contributed by atoms with Crippen LogP contribution in [0, 0.1) is 0 Å². The van der Waals surface area contributed by atoms with Gasteiger partial charge in [-0.2, -0.15) is 0 Å². The van der Waals surface area contributed by atoms with E-state index >= 15 is 0 Å². The number of nitrogens with zero attached hydrogens (tertiary/aromatic N) is 2. The second-order valence-electron chi connectivity index (χ2n) is 5.76. The molecule has 2 aliphatic rings. The smallest absolute Gasteiger partial charge is 0.312 e. The highest BCUT2D eigenvalue weighted by atomic mass is 32.1. The van der Waals surface area contributed by atoms with Crippen LogP contribution >= 0.6 is 11.3 Å². The van der Waals surface area contributed by atoms with Gasteiger partial charge in [-0.25, -0.2) is 4.98 Å². The molecule has 1 fully saturated rings. The zero-order chi connectivity index (χ0) is 14.8. The second kappa shape index (κ2) is 6.32. The van der Waals surface area contributed by atoms with Gasteiger partial charge in [0.05, 0.1) is 11.8 Å². The summed E-state index contributed by atoms with van der Waals surface area (Å²) in [6.07, 6.45) is 5.17. The molecule has 1 N–H and O–H groups in total. The van der Waals surface area contributed by atoms with Crippen molar-refractivity contribution in [2.75, 3.05) is 24.6 Å². The number of ether oxygens (including phenoxy) is 1. The van der Waals surface area contributed by atoms with Crippen LogP contribution in [0.3, 0.4) is 0 Å². The molecule has 0 saturated carbocycles. The lowest BCUT2D eigenvalue weighted by Crippen LogP contribution is -2.32. The van der Waals surface area contributed by atoms with Gasteiger partial charge < -0.3 is 14.7 Å². The van der Waals surface area contributed by atoms with Crippen molar-refractivity contribution in [1.82, 2.24) is 4.98 Å². The van der Waals surface area contributed by atoms with E-state index in [1.807, 2.05) is 0 Å². The van der Waals surface area contributed by atoms with Crippen molar-refractivity contribution in [3.8, 4) is 0 Å². The predicted octanol–water partition coefficient (Wildman–Crippen LogP) is 2.65. The van der Waals surface area contributed by atoms with Gasteiger partial charge in [-0.05, 0) is 39.0 Å². The van der Waals surface area contributed by atoms with E-state index in [0.29, 0.717) is 12.5 Å². The Labute approximate surface area is 128 Å². The minimum absolute atomic E-state index is 0.293. The normalized spacial score (nSPS) is 24.8. The van der Waals surface area contributed by atoms with E-state index < -0.39 is 11.9 Å². The molecule has 1 aromatic heterocycles. The first-order chi connectivity index (χ1) is 10.2. The van der Waals surface area contributed by atoms with Crippen LogP contribution in [-0.4, -0.2) is 41.9 Å². The van der Waals surface area contributed by atoms with Crippen LogP contribution in [-0.2, 0) is 16.0 Å². The van der Waals surface area contributed by atoms with E-state index in [1.54, 1.807) is 11.3 Å². The molecule has 1 saturated heterocycles. The average Bonchev–Trinajstić information content (AvgIpc) is 3.12. The van der Waals surface area contributed by atoms with Gasteiger partial charge in [0.1, 0.15) is 5.92 Å². The number of thiazole rings is 1. The second-order valence-corrected chi connectivity index (χ2v) is 6.82. The number of rotatable bonds is 5. The third-order valence-electron chi connectivity index (χ3n) is 4.34. The Kier molecular flexibility index (Phi) is 4.45. The van der Waals surface area contributed by atoms with E-state index in [2.05, 4.69) is 16.8 Å². The minimum Gasteiger partial charge on any atom is -0.481 e. The van der Waals surface area contributed by atoms with Gasteiger partial charge in [0.2, 0.25) is 0 Å². The van der Waals surface area contributed by atoms with Crippen LogP contribution in [0.4, 0.5) is 5.13 Å². The molecule has 0 aromatic carbocycles. The zero-order valence-corrected chi connectivity index (χ0v) is 13.2. The van der Waals surface area contributed by atoms with Crippen molar-refractivity contribution in [2.24, 2.45) is 0 Å². The van der Waals surface area contributed by atoms with Crippen molar-refractivity contribution in [3.05, 3.63) is 10.6 Å². The summed E-state index contributed by atoms with van der Waals surface area (Å²) in [5, 5.41) is 10.3. The fraction of sp³-hybridized carbons (Fsp3) is 0.733. The summed E-state index contributed by atoms with van der Waals surface area (Å²) in [7, 11) is 0. The zero-order valence-electron chi connectivity index (χ0n) is 12.4. The molecule has 0 amide bonds. The summed E-state index contributed by atoms with van der Waals surface area (Å²) in [6.45, 7) is 4.71. The lowest BCUT2D eigenvalue weighted by molar-refractivity contribution is -0.139. The number of fused-ring (bicyclic) bond motifs is 1. The fourth-order valence-corrected chi connectivity index (χ4v) is 4.39. The molecule has 1 aliphatic carbocycles. The predicted molar refractivity (Wildman–Crippen MR) is 82.3 cm³/mol. The fourth-order valence-electron chi connectivity index (χ4n) is 3.16. The third-order valence-corrected chi connectivity index (χ3v) is 5.53. The van der Waals surface area contributed by atoms with E-state index in [4.69, 9.17) is 4.74 Å². The van der Waals surface area contributed by atoms with Crippen molar-refractivity contribution in [1.29, 1.82) is 0 Å². The van der Waals surface area contributed by atoms with Crippen molar-refractivity contribution in [3.63, 3.8) is 0 Å². The lowest BCUT2D eigenvalue weighted by Gasteiger charge is -2.23. The number of aromatic nitrogens is 1. The molecule has 116 valence electrons. The molecule has 6 heteroatoms. The topological polar surface area (TPSA) is 62.7 Å². The number of carbonyl (C=O) groups is 1. The third kappa shape index (κ3) is 3.06. The van der Waals surface area contributed by atoms with Crippen LogP contribution in [0.2, 0.25) is 0 Å². The molecule has 1 aliphatic heterocycles. The molecule has 5 nitrogen and oxygen atoms in total. The van der Waals surface area contributed by atoms with Crippen molar-refractivity contribution < 1.29 is 14.6 Å². The molecule has 3 rings (SSSR count). The van der Waals surface area contributed by atoms with Crippen molar-refractivity contribution in [2.45, 2.75) is 51.0 Å². The first-order valence-electron chi connectivity index (χ1n) is 7.78. The summed E-state index contributed by atoms with van der Waals surface area (Å²) < 4.78 is 5.71. The van der Waals surface area contributed by atoms with Gasteiger partial charge in [0, 0.05) is 24.6 Å². The highest BCUT2D eigenvalue weighted by Crippen LogP contribution is 2.38. The van der Waals surface area contributed by atoms with Crippen molar-refractivity contribution >= 4 is 22.4 Å². The number of aliphatic carboxylic acids is 1. The molecule has 0 spiro atoms. The average molecular weight is 310 g/mol. The van der Waals surface area contributed by atoms with Crippen LogP contribution in [0.5, 0.6) is 0 Å². The molecule has 0 radical (unpaired) electrons. The molecule has 2 atom stereocenters. The first-order valence-corrected chi connectivity index (χ1v) is 8.59. The van der Waals surface area contributed by atoms with E-state index in [1.165, 1.54) is 0 Å². The first kappa shape index (κ1) is 14.8. The number of aryl methyl sites for hydroxylation is 1. The quantitative estimate of drug-likeness (QED) is 0.906. The van der Waals surface area contributed by atoms with E-state index in [-0.39, 0.29) is 0 Å². The summed E-state index contributed by atoms with van der Waals surface area (Å²) >= 11 is 1.67. The number of carboxylic acid groups (broad SMARTS) is 1. The Balaban J connectivity index is 1.79. The maximum atomic E-state index is 11.4. The van der Waals surface area contributed by atoms with E-state index in [0.717, 1.165) is 61.1 Å². The van der Waals surface area contributed by atoms with Gasteiger partial charge >= 0.3 is 5.97 Å². The molecular formula is C15H22N2O3S. The Morgan fingerprint density at radius 2 is 2.33 bits per heavy atom. The molecule has 2 unspecified atom stereocenters. The molecular weight excluding hydrogens is 288 g/mol. The molecule has 21 heavy (non-hydrogen) atoms. The Morgan fingerprint density at radius 3 is 3.00 bits per heavy atom. The summed E-state index contributed by atoms with van der Waals surface area (Å²) in [5.41, 5.74) is 0.805. The van der Waals surface area contributed by atoms with Gasteiger partial charge in [-0.15, -0.1) is 11.3 Å². The summed E-state index contributed by atoms with van der Waals surface area (Å²) in [5.74, 6) is -1.16. The molecule has 1 aromatic rings. The highest BCUT2D eigenvalue weighted by molar-refractivity contribution is 7.15. The van der Waals surface area contributed by atoms with Crippen LogP contribution in [0.25, 0.3) is 0 Å². The van der Waals surface area contributed by atoms with E-state index in [9.17, 15) is 9.90 Å². The Hall–Kier alpha value is -1.14. The Bertz CT molecular complexity index is 511. The number of hydrogen-bond donors (Lipinski definition) is 1. The maximum absolute atomic E-state index is 11.4. The standard InChI is InChI=1S/C15H22N2O3S/c1-2-17(9-10-5-4-8-20-10)15-16-13-11(14(18)19)6-3-7-12(13)21-15/h10-11H,2-9H2,1H3,(H,18,19). The minimum atomic E-state index is -0.741. The maximum Gasteiger partial charge on any atom is 0.312 e. The molecule has 2 heterocycles. The van der Waals surface area contributed by atoms with Gasteiger partial charge in [-0.3, -0.25) is 4.79 Å². The number of anilines is 1. The number of likely N-dealkylation sites (N-methyl/N-ethyl adjacent to an activating group) is 1. The molecule has 0 bridgehead atoms. The monoisotopic (exact) mass is 310 g/mol. The number of carboxylic acids is 1. The van der Waals surface area contributed by atoms with Crippen LogP contribution < -0.4 is 4.90 Å².